The van der Waals surface area contributed by atoms with Crippen LogP contribution in [0.15, 0.2) is 24.3 Å². The maximum absolute atomic E-state index is 13.5. The van der Waals surface area contributed by atoms with Crippen LogP contribution in [0.1, 0.15) is 38.7 Å². The van der Waals surface area contributed by atoms with Gasteiger partial charge in [0.25, 0.3) is 0 Å². The van der Waals surface area contributed by atoms with Crippen LogP contribution in [0.3, 0.4) is 0 Å². The number of carbonyl (C=O) groups is 1. The number of nitrogens with zero attached hydrogens (tertiary/aromatic N) is 1. The molecule has 1 aliphatic heterocycles. The van der Waals surface area contributed by atoms with Gasteiger partial charge in [0, 0.05) is 19.0 Å². The highest BCUT2D eigenvalue weighted by atomic mass is 19.1. The van der Waals surface area contributed by atoms with Gasteiger partial charge in [-0.25, -0.2) is 4.39 Å². The van der Waals surface area contributed by atoms with Gasteiger partial charge in [0.05, 0.1) is 0 Å². The molecule has 0 aromatic heterocycles. The molecular weight excluding hydrogens is 279 g/mol. The predicted octanol–water partition coefficient (Wildman–Crippen LogP) is 2.99. The van der Waals surface area contributed by atoms with E-state index in [1.807, 2.05) is 0 Å². The SMILES string of the molecule is CC1CCN(C(C)CNC(=O)CCc2ccccc2F)CC1. The van der Waals surface area contributed by atoms with Gasteiger partial charge in [-0.1, -0.05) is 25.1 Å². The van der Waals surface area contributed by atoms with Crippen molar-refractivity contribution in [3.63, 3.8) is 0 Å². The number of nitrogens with one attached hydrogen (secondary N) is 1. The van der Waals surface area contributed by atoms with E-state index in [-0.39, 0.29) is 11.7 Å². The molecule has 0 bridgehead atoms. The van der Waals surface area contributed by atoms with Crippen molar-refractivity contribution in [1.29, 1.82) is 0 Å². The zero-order chi connectivity index (χ0) is 15.9. The van der Waals surface area contributed by atoms with Crippen molar-refractivity contribution in [2.24, 2.45) is 5.92 Å². The summed E-state index contributed by atoms with van der Waals surface area (Å²) in [4.78, 5) is 14.4. The molecule has 3 nitrogen and oxygen atoms in total. The molecule has 1 fully saturated rings. The van der Waals surface area contributed by atoms with Crippen LogP contribution in [-0.4, -0.2) is 36.5 Å². The molecule has 1 aliphatic rings. The van der Waals surface area contributed by atoms with Crippen LogP contribution in [0.2, 0.25) is 0 Å². The quantitative estimate of drug-likeness (QED) is 0.876. The summed E-state index contributed by atoms with van der Waals surface area (Å²) in [5.74, 6) is 0.588. The fourth-order valence-electron chi connectivity index (χ4n) is 2.90. The number of hydrogen-bond donors (Lipinski definition) is 1. The first-order valence-corrected chi connectivity index (χ1v) is 8.30. The van der Waals surface area contributed by atoms with Crippen molar-refractivity contribution in [3.05, 3.63) is 35.6 Å². The number of halogens is 1. The lowest BCUT2D eigenvalue weighted by molar-refractivity contribution is -0.121. The Kier molecular flexibility index (Phi) is 6.37. The maximum Gasteiger partial charge on any atom is 0.220 e. The van der Waals surface area contributed by atoms with Gasteiger partial charge in [0.2, 0.25) is 5.91 Å². The molecule has 1 atom stereocenters. The summed E-state index contributed by atoms with van der Waals surface area (Å²) in [6, 6.07) is 7.01. The molecule has 2 rings (SSSR count). The van der Waals surface area contributed by atoms with E-state index >= 15 is 0 Å². The van der Waals surface area contributed by atoms with Crippen molar-refractivity contribution in [3.8, 4) is 0 Å². The zero-order valence-corrected chi connectivity index (χ0v) is 13.6. The van der Waals surface area contributed by atoms with Gasteiger partial charge in [0.1, 0.15) is 5.82 Å². The number of piperidine rings is 1. The Morgan fingerprint density at radius 2 is 2.05 bits per heavy atom. The molecule has 1 unspecified atom stereocenters. The first kappa shape index (κ1) is 16.9. The Morgan fingerprint density at radius 3 is 2.73 bits per heavy atom. The van der Waals surface area contributed by atoms with Crippen LogP contribution in [0, 0.1) is 11.7 Å². The van der Waals surface area contributed by atoms with E-state index in [0.717, 1.165) is 19.0 Å². The molecule has 1 heterocycles. The van der Waals surface area contributed by atoms with Crippen LogP contribution >= 0.6 is 0 Å². The molecule has 1 aromatic rings. The van der Waals surface area contributed by atoms with Gasteiger partial charge in [-0.2, -0.15) is 0 Å². The average Bonchev–Trinajstić information content (AvgIpc) is 2.52. The van der Waals surface area contributed by atoms with Crippen LogP contribution < -0.4 is 5.32 Å². The van der Waals surface area contributed by atoms with Crippen LogP contribution in [0.5, 0.6) is 0 Å². The second-order valence-corrected chi connectivity index (χ2v) is 6.46. The molecule has 22 heavy (non-hydrogen) atoms. The van der Waals surface area contributed by atoms with E-state index in [1.54, 1.807) is 18.2 Å². The van der Waals surface area contributed by atoms with E-state index in [4.69, 9.17) is 0 Å². The summed E-state index contributed by atoms with van der Waals surface area (Å²) in [7, 11) is 0. The number of aryl methyl sites for hydroxylation is 1. The van der Waals surface area contributed by atoms with E-state index in [9.17, 15) is 9.18 Å². The lowest BCUT2D eigenvalue weighted by Crippen LogP contribution is -2.45. The molecule has 1 saturated heterocycles. The third-order valence-corrected chi connectivity index (χ3v) is 4.62. The summed E-state index contributed by atoms with van der Waals surface area (Å²) in [6.45, 7) is 7.37. The Morgan fingerprint density at radius 1 is 1.36 bits per heavy atom. The summed E-state index contributed by atoms with van der Waals surface area (Å²) in [5.41, 5.74) is 0.607. The topological polar surface area (TPSA) is 32.3 Å². The first-order chi connectivity index (χ1) is 10.6. The van der Waals surface area contributed by atoms with Crippen molar-refractivity contribution in [2.75, 3.05) is 19.6 Å². The van der Waals surface area contributed by atoms with Crippen LogP contribution in [0.25, 0.3) is 0 Å². The van der Waals surface area contributed by atoms with Crippen molar-refractivity contribution >= 4 is 5.91 Å². The smallest absolute Gasteiger partial charge is 0.220 e. The average molecular weight is 306 g/mol. The predicted molar refractivity (Wildman–Crippen MR) is 87.2 cm³/mol. The third kappa shape index (κ3) is 5.09. The zero-order valence-electron chi connectivity index (χ0n) is 13.6. The molecule has 4 heteroatoms. The van der Waals surface area contributed by atoms with Gasteiger partial charge in [-0.05, 0) is 56.8 Å². The molecule has 0 radical (unpaired) electrons. The number of carbonyl (C=O) groups excluding carboxylic acids is 1. The fourth-order valence-corrected chi connectivity index (χ4v) is 2.90. The van der Waals surface area contributed by atoms with E-state index < -0.39 is 0 Å². The fraction of sp³-hybridized carbons (Fsp3) is 0.611. The Bertz CT molecular complexity index is 484. The van der Waals surface area contributed by atoms with Gasteiger partial charge < -0.3 is 5.32 Å². The standard InChI is InChI=1S/C18H27FN2O/c1-14-9-11-21(12-10-14)15(2)13-20-18(22)8-7-16-5-3-4-6-17(16)19/h3-6,14-15H,7-13H2,1-2H3,(H,20,22). The number of benzene rings is 1. The number of likely N-dealkylation sites (tertiary alicyclic amines) is 1. The molecule has 0 saturated carbocycles. The molecule has 1 aromatic carbocycles. The number of rotatable bonds is 6. The first-order valence-electron chi connectivity index (χ1n) is 8.30. The Hall–Kier alpha value is -1.42. The van der Waals surface area contributed by atoms with Crippen molar-refractivity contribution in [1.82, 2.24) is 10.2 Å². The molecule has 122 valence electrons. The van der Waals surface area contributed by atoms with Crippen LogP contribution in [-0.2, 0) is 11.2 Å². The molecule has 0 spiro atoms. The monoisotopic (exact) mass is 306 g/mol. The van der Waals surface area contributed by atoms with E-state index in [0.29, 0.717) is 31.0 Å². The highest BCUT2D eigenvalue weighted by Gasteiger charge is 2.20. The van der Waals surface area contributed by atoms with Gasteiger partial charge in [-0.3, -0.25) is 9.69 Å². The summed E-state index contributed by atoms with van der Waals surface area (Å²) >= 11 is 0. The van der Waals surface area contributed by atoms with E-state index in [1.165, 1.54) is 18.9 Å². The summed E-state index contributed by atoms with van der Waals surface area (Å²) < 4.78 is 13.5. The summed E-state index contributed by atoms with van der Waals surface area (Å²) in [6.07, 6.45) is 3.27. The Labute approximate surface area is 132 Å². The molecular formula is C18H27FN2O. The van der Waals surface area contributed by atoms with Crippen molar-refractivity contribution < 1.29 is 9.18 Å². The van der Waals surface area contributed by atoms with Gasteiger partial charge in [0.15, 0.2) is 0 Å². The summed E-state index contributed by atoms with van der Waals surface area (Å²) in [5, 5.41) is 2.98. The lowest BCUT2D eigenvalue weighted by atomic mass is 9.98. The lowest BCUT2D eigenvalue weighted by Gasteiger charge is -2.35. The Balaban J connectivity index is 1.68. The van der Waals surface area contributed by atoms with Gasteiger partial charge in [-0.15, -0.1) is 0 Å². The number of hydrogen-bond acceptors (Lipinski definition) is 2. The van der Waals surface area contributed by atoms with Gasteiger partial charge >= 0.3 is 0 Å². The second-order valence-electron chi connectivity index (χ2n) is 6.46. The van der Waals surface area contributed by atoms with Crippen molar-refractivity contribution in [2.45, 2.75) is 45.6 Å². The second kappa shape index (κ2) is 8.28. The minimum Gasteiger partial charge on any atom is -0.355 e. The van der Waals surface area contributed by atoms with E-state index in [2.05, 4.69) is 24.1 Å². The van der Waals surface area contributed by atoms with Crippen LogP contribution in [0.4, 0.5) is 4.39 Å². The molecule has 1 N–H and O–H groups in total. The molecule has 0 aliphatic carbocycles. The highest BCUT2D eigenvalue weighted by Crippen LogP contribution is 2.17. The highest BCUT2D eigenvalue weighted by molar-refractivity contribution is 5.76. The molecule has 1 amide bonds. The largest absolute Gasteiger partial charge is 0.355 e. The number of amides is 1. The minimum atomic E-state index is -0.230. The maximum atomic E-state index is 13.5. The minimum absolute atomic E-state index is 0.000445. The normalized spacial score (nSPS) is 18.1. The third-order valence-electron chi connectivity index (χ3n) is 4.62.